The molecule has 1 fully saturated rings. The lowest BCUT2D eigenvalue weighted by Crippen LogP contribution is -2.43. The summed E-state index contributed by atoms with van der Waals surface area (Å²) in [4.78, 5) is 32.0. The number of fused-ring (bicyclic) bond motifs is 1. The number of carbonyl (C=O) groups excluding carboxylic acids is 2. The third kappa shape index (κ3) is 2.81. The molecule has 0 spiro atoms. The van der Waals surface area contributed by atoms with Gasteiger partial charge in [0.25, 0.3) is 11.8 Å². The van der Waals surface area contributed by atoms with Gasteiger partial charge in [-0.15, -0.1) is 0 Å². The minimum atomic E-state index is -0.247. The standard InChI is InChI=1S/C15H18N4O2S/c16-15(18-7-9-22-10-8-18)17-5-6-19-13(20)11-3-1-2-4-12(11)14(19)21/h1-4H,5-10H2,(H2,16,17). The van der Waals surface area contributed by atoms with Gasteiger partial charge in [0, 0.05) is 31.1 Å². The molecule has 0 aliphatic carbocycles. The van der Waals surface area contributed by atoms with Crippen LogP contribution in [0.4, 0.5) is 0 Å². The highest BCUT2D eigenvalue weighted by atomic mass is 32.2. The molecule has 22 heavy (non-hydrogen) atoms. The number of nitrogens with two attached hydrogens (primary N) is 1. The number of hydrogen-bond donors (Lipinski definition) is 1. The summed E-state index contributed by atoms with van der Waals surface area (Å²) in [7, 11) is 0. The van der Waals surface area contributed by atoms with Crippen LogP contribution in [0.15, 0.2) is 29.3 Å². The Morgan fingerprint density at radius 2 is 1.73 bits per heavy atom. The maximum absolute atomic E-state index is 12.2. The van der Waals surface area contributed by atoms with Gasteiger partial charge in [0.2, 0.25) is 0 Å². The van der Waals surface area contributed by atoms with Crippen molar-refractivity contribution >= 4 is 29.5 Å². The van der Waals surface area contributed by atoms with Gasteiger partial charge in [-0.05, 0) is 12.1 Å². The summed E-state index contributed by atoms with van der Waals surface area (Å²) in [5.41, 5.74) is 6.90. The predicted octanol–water partition coefficient (Wildman–Crippen LogP) is 0.646. The number of rotatable bonds is 3. The van der Waals surface area contributed by atoms with Crippen LogP contribution in [0, 0.1) is 0 Å². The van der Waals surface area contributed by atoms with Crippen LogP contribution in [0.5, 0.6) is 0 Å². The van der Waals surface area contributed by atoms with Gasteiger partial charge in [0.15, 0.2) is 5.96 Å². The van der Waals surface area contributed by atoms with Gasteiger partial charge >= 0.3 is 0 Å². The fraction of sp³-hybridized carbons (Fsp3) is 0.400. The fourth-order valence-electron chi connectivity index (χ4n) is 2.60. The molecule has 116 valence electrons. The Balaban J connectivity index is 1.61. The molecular weight excluding hydrogens is 300 g/mol. The van der Waals surface area contributed by atoms with Crippen molar-refractivity contribution in [3.05, 3.63) is 35.4 Å². The summed E-state index contributed by atoms with van der Waals surface area (Å²) >= 11 is 1.90. The van der Waals surface area contributed by atoms with E-state index in [4.69, 9.17) is 5.73 Å². The first-order chi connectivity index (χ1) is 10.7. The number of amides is 2. The van der Waals surface area contributed by atoms with Crippen molar-refractivity contribution in [3.63, 3.8) is 0 Å². The molecule has 0 bridgehead atoms. The second-order valence-electron chi connectivity index (χ2n) is 5.15. The van der Waals surface area contributed by atoms with Crippen LogP contribution in [-0.4, -0.2) is 65.3 Å². The van der Waals surface area contributed by atoms with E-state index in [1.165, 1.54) is 4.90 Å². The molecule has 0 unspecified atom stereocenters. The van der Waals surface area contributed by atoms with Crippen molar-refractivity contribution in [2.45, 2.75) is 0 Å². The maximum Gasteiger partial charge on any atom is 0.261 e. The lowest BCUT2D eigenvalue weighted by Gasteiger charge is -2.27. The average molecular weight is 318 g/mol. The first-order valence-corrected chi connectivity index (χ1v) is 8.42. The molecule has 2 aliphatic heterocycles. The van der Waals surface area contributed by atoms with E-state index < -0.39 is 0 Å². The third-order valence-electron chi connectivity index (χ3n) is 3.81. The molecule has 0 saturated carbocycles. The highest BCUT2D eigenvalue weighted by Crippen LogP contribution is 2.21. The van der Waals surface area contributed by atoms with Crippen molar-refractivity contribution in [1.82, 2.24) is 9.80 Å². The number of carbonyl (C=O) groups is 2. The van der Waals surface area contributed by atoms with E-state index in [1.807, 2.05) is 16.7 Å². The van der Waals surface area contributed by atoms with E-state index in [0.29, 0.717) is 23.6 Å². The number of aliphatic imine (C=N–C) groups is 1. The number of imide groups is 1. The normalized spacial score (nSPS) is 18.8. The smallest absolute Gasteiger partial charge is 0.261 e. The van der Waals surface area contributed by atoms with Crippen LogP contribution in [-0.2, 0) is 0 Å². The van der Waals surface area contributed by atoms with Crippen LogP contribution in [0.25, 0.3) is 0 Å². The molecule has 0 radical (unpaired) electrons. The Kier molecular flexibility index (Phi) is 4.33. The van der Waals surface area contributed by atoms with Crippen LogP contribution >= 0.6 is 11.8 Å². The summed E-state index contributed by atoms with van der Waals surface area (Å²) in [6.45, 7) is 2.39. The Labute approximate surface area is 133 Å². The number of thioether (sulfide) groups is 1. The number of guanidine groups is 1. The minimum absolute atomic E-state index is 0.247. The van der Waals surface area contributed by atoms with E-state index in [2.05, 4.69) is 4.99 Å². The first kappa shape index (κ1) is 14.9. The summed E-state index contributed by atoms with van der Waals surface area (Å²) in [5, 5.41) is 0. The van der Waals surface area contributed by atoms with Gasteiger partial charge < -0.3 is 10.6 Å². The van der Waals surface area contributed by atoms with Crippen LogP contribution < -0.4 is 5.73 Å². The molecule has 2 N–H and O–H groups in total. The number of benzene rings is 1. The lowest BCUT2D eigenvalue weighted by molar-refractivity contribution is 0.0659. The van der Waals surface area contributed by atoms with E-state index >= 15 is 0 Å². The molecule has 3 rings (SSSR count). The molecule has 6 nitrogen and oxygen atoms in total. The minimum Gasteiger partial charge on any atom is -0.370 e. The maximum atomic E-state index is 12.2. The molecular formula is C15H18N4O2S. The average Bonchev–Trinajstić information content (AvgIpc) is 2.81. The molecule has 2 aliphatic rings. The third-order valence-corrected chi connectivity index (χ3v) is 4.75. The summed E-state index contributed by atoms with van der Waals surface area (Å²) in [6, 6.07) is 6.88. The second kappa shape index (κ2) is 6.39. The van der Waals surface area contributed by atoms with Gasteiger partial charge in [-0.3, -0.25) is 19.5 Å². The summed E-state index contributed by atoms with van der Waals surface area (Å²) < 4.78 is 0. The van der Waals surface area contributed by atoms with Gasteiger partial charge in [-0.2, -0.15) is 11.8 Å². The number of nitrogens with zero attached hydrogens (tertiary/aromatic N) is 3. The fourth-order valence-corrected chi connectivity index (χ4v) is 3.50. The van der Waals surface area contributed by atoms with E-state index in [-0.39, 0.29) is 18.4 Å². The predicted molar refractivity (Wildman–Crippen MR) is 87.2 cm³/mol. The van der Waals surface area contributed by atoms with Gasteiger partial charge in [0.1, 0.15) is 0 Å². The van der Waals surface area contributed by atoms with Gasteiger partial charge in [0.05, 0.1) is 17.7 Å². The van der Waals surface area contributed by atoms with Crippen molar-refractivity contribution < 1.29 is 9.59 Å². The topological polar surface area (TPSA) is 79.0 Å². The highest BCUT2D eigenvalue weighted by molar-refractivity contribution is 7.99. The summed E-state index contributed by atoms with van der Waals surface area (Å²) in [5.74, 6) is 2.10. The highest BCUT2D eigenvalue weighted by Gasteiger charge is 2.34. The largest absolute Gasteiger partial charge is 0.370 e. The zero-order chi connectivity index (χ0) is 15.5. The summed E-state index contributed by atoms with van der Waals surface area (Å²) in [6.07, 6.45) is 0. The van der Waals surface area contributed by atoms with E-state index in [0.717, 1.165) is 24.6 Å². The van der Waals surface area contributed by atoms with Crippen molar-refractivity contribution in [3.8, 4) is 0 Å². The molecule has 2 amide bonds. The number of hydrogen-bond acceptors (Lipinski definition) is 4. The SMILES string of the molecule is NC(=NCCN1C(=O)c2ccccc2C1=O)N1CCSCC1. The Bertz CT molecular complexity index is 591. The van der Waals surface area contributed by atoms with E-state index in [9.17, 15) is 9.59 Å². The molecule has 7 heteroatoms. The zero-order valence-electron chi connectivity index (χ0n) is 12.2. The Hall–Kier alpha value is -2.02. The van der Waals surface area contributed by atoms with Crippen molar-refractivity contribution in [2.75, 3.05) is 37.7 Å². The van der Waals surface area contributed by atoms with Gasteiger partial charge in [-0.25, -0.2) is 0 Å². The molecule has 0 aromatic heterocycles. The first-order valence-electron chi connectivity index (χ1n) is 7.26. The molecule has 2 heterocycles. The van der Waals surface area contributed by atoms with Crippen LogP contribution in [0.1, 0.15) is 20.7 Å². The second-order valence-corrected chi connectivity index (χ2v) is 6.37. The van der Waals surface area contributed by atoms with E-state index in [1.54, 1.807) is 24.3 Å². The Morgan fingerprint density at radius 1 is 1.14 bits per heavy atom. The monoisotopic (exact) mass is 318 g/mol. The van der Waals surface area contributed by atoms with Crippen LogP contribution in [0.3, 0.4) is 0 Å². The van der Waals surface area contributed by atoms with Crippen molar-refractivity contribution in [1.29, 1.82) is 0 Å². The van der Waals surface area contributed by atoms with Crippen molar-refractivity contribution in [2.24, 2.45) is 10.7 Å². The Morgan fingerprint density at radius 3 is 2.32 bits per heavy atom. The molecule has 0 atom stereocenters. The molecule has 1 aromatic carbocycles. The molecule has 1 saturated heterocycles. The van der Waals surface area contributed by atoms with Crippen LogP contribution in [0.2, 0.25) is 0 Å². The quantitative estimate of drug-likeness (QED) is 0.503. The lowest BCUT2D eigenvalue weighted by atomic mass is 10.1. The van der Waals surface area contributed by atoms with Gasteiger partial charge in [-0.1, -0.05) is 12.1 Å². The molecule has 1 aromatic rings. The zero-order valence-corrected chi connectivity index (χ0v) is 13.0.